The predicted molar refractivity (Wildman–Crippen MR) is 68.0 cm³/mol. The standard InChI is InChI=1S/C14H20N2/c1-2-8-14-12(5-1)6-4-10-16(14)13-7-3-9-15-11-13/h1-2,5,8,13,15H,3-4,6-7,9-11H2/t13-/m0/s1. The minimum absolute atomic E-state index is 0.718. The van der Waals surface area contributed by atoms with Crippen LogP contribution in [0.5, 0.6) is 0 Å². The molecule has 1 saturated heterocycles. The zero-order valence-corrected chi connectivity index (χ0v) is 9.78. The van der Waals surface area contributed by atoms with Crippen LogP contribution < -0.4 is 10.2 Å². The zero-order chi connectivity index (χ0) is 10.8. The van der Waals surface area contributed by atoms with Crippen molar-refractivity contribution in [2.75, 3.05) is 24.5 Å². The number of nitrogens with zero attached hydrogens (tertiary/aromatic N) is 1. The number of aryl methyl sites for hydroxylation is 1. The summed E-state index contributed by atoms with van der Waals surface area (Å²) in [4.78, 5) is 2.63. The highest BCUT2D eigenvalue weighted by atomic mass is 15.2. The Labute approximate surface area is 97.6 Å². The molecular weight excluding hydrogens is 196 g/mol. The van der Waals surface area contributed by atoms with E-state index in [0.717, 1.165) is 12.6 Å². The fraction of sp³-hybridized carbons (Fsp3) is 0.571. The molecule has 2 nitrogen and oxygen atoms in total. The Hall–Kier alpha value is -1.02. The van der Waals surface area contributed by atoms with Crippen LogP contribution in [-0.2, 0) is 6.42 Å². The molecule has 3 rings (SSSR count). The first-order chi connectivity index (χ1) is 7.95. The van der Waals surface area contributed by atoms with Crippen molar-refractivity contribution < 1.29 is 0 Å². The lowest BCUT2D eigenvalue weighted by atomic mass is 9.97. The number of para-hydroxylation sites is 1. The Morgan fingerprint density at radius 3 is 3.00 bits per heavy atom. The van der Waals surface area contributed by atoms with Crippen molar-refractivity contribution in [3.8, 4) is 0 Å². The smallest absolute Gasteiger partial charge is 0.0415 e. The average Bonchev–Trinajstić information content (AvgIpc) is 2.39. The molecule has 1 aromatic carbocycles. The first-order valence-corrected chi connectivity index (χ1v) is 6.50. The Kier molecular flexibility index (Phi) is 2.83. The summed E-state index contributed by atoms with van der Waals surface area (Å²) < 4.78 is 0. The van der Waals surface area contributed by atoms with E-state index < -0.39 is 0 Å². The minimum Gasteiger partial charge on any atom is -0.367 e. The molecule has 1 fully saturated rings. The summed E-state index contributed by atoms with van der Waals surface area (Å²) in [6.07, 6.45) is 5.24. The van der Waals surface area contributed by atoms with Gasteiger partial charge in [0, 0.05) is 24.8 Å². The second-order valence-electron chi connectivity index (χ2n) is 4.93. The van der Waals surface area contributed by atoms with Gasteiger partial charge in [-0.05, 0) is 43.9 Å². The van der Waals surface area contributed by atoms with Crippen LogP contribution in [0.4, 0.5) is 5.69 Å². The van der Waals surface area contributed by atoms with E-state index in [4.69, 9.17) is 0 Å². The lowest BCUT2D eigenvalue weighted by molar-refractivity contribution is 0.424. The minimum atomic E-state index is 0.718. The van der Waals surface area contributed by atoms with Crippen LogP contribution in [0.1, 0.15) is 24.8 Å². The van der Waals surface area contributed by atoms with E-state index in [0.29, 0.717) is 0 Å². The zero-order valence-electron chi connectivity index (χ0n) is 9.78. The maximum absolute atomic E-state index is 3.52. The van der Waals surface area contributed by atoms with Crippen molar-refractivity contribution in [2.24, 2.45) is 0 Å². The fourth-order valence-corrected chi connectivity index (χ4v) is 3.04. The third-order valence-corrected chi connectivity index (χ3v) is 3.86. The van der Waals surface area contributed by atoms with Crippen LogP contribution in [-0.4, -0.2) is 25.7 Å². The Morgan fingerprint density at radius 2 is 2.12 bits per heavy atom. The van der Waals surface area contributed by atoms with Gasteiger partial charge in [-0.2, -0.15) is 0 Å². The van der Waals surface area contributed by atoms with E-state index in [9.17, 15) is 0 Å². The molecule has 0 amide bonds. The molecule has 16 heavy (non-hydrogen) atoms. The number of hydrogen-bond donors (Lipinski definition) is 1. The largest absolute Gasteiger partial charge is 0.367 e. The SMILES string of the molecule is c1ccc2c(c1)CCCN2[C@H]1CCCNC1. The van der Waals surface area contributed by atoms with Gasteiger partial charge in [-0.3, -0.25) is 0 Å². The van der Waals surface area contributed by atoms with Crippen molar-refractivity contribution in [1.82, 2.24) is 5.32 Å². The molecule has 0 bridgehead atoms. The van der Waals surface area contributed by atoms with Gasteiger partial charge >= 0.3 is 0 Å². The van der Waals surface area contributed by atoms with E-state index in [1.54, 1.807) is 5.56 Å². The lowest BCUT2D eigenvalue weighted by Gasteiger charge is -2.40. The summed E-state index contributed by atoms with van der Waals surface area (Å²) in [7, 11) is 0. The monoisotopic (exact) mass is 216 g/mol. The number of benzene rings is 1. The molecule has 1 atom stereocenters. The molecule has 0 spiro atoms. The molecule has 0 aromatic heterocycles. The Balaban J connectivity index is 1.86. The third kappa shape index (κ3) is 1.82. The van der Waals surface area contributed by atoms with Gasteiger partial charge in [-0.15, -0.1) is 0 Å². The van der Waals surface area contributed by atoms with E-state index in [2.05, 4.69) is 34.5 Å². The summed E-state index contributed by atoms with van der Waals surface area (Å²) in [5.41, 5.74) is 3.03. The van der Waals surface area contributed by atoms with E-state index >= 15 is 0 Å². The number of anilines is 1. The van der Waals surface area contributed by atoms with Gasteiger partial charge in [0.2, 0.25) is 0 Å². The molecule has 0 saturated carbocycles. The lowest BCUT2D eigenvalue weighted by Crippen LogP contribution is -2.48. The molecule has 86 valence electrons. The molecule has 2 heteroatoms. The van der Waals surface area contributed by atoms with E-state index in [-0.39, 0.29) is 0 Å². The Morgan fingerprint density at radius 1 is 1.19 bits per heavy atom. The highest BCUT2D eigenvalue weighted by Crippen LogP contribution is 2.29. The summed E-state index contributed by atoms with van der Waals surface area (Å²) in [6, 6.07) is 9.64. The second-order valence-corrected chi connectivity index (χ2v) is 4.93. The van der Waals surface area contributed by atoms with E-state index in [1.165, 1.54) is 44.5 Å². The van der Waals surface area contributed by atoms with Crippen LogP contribution in [0.15, 0.2) is 24.3 Å². The summed E-state index contributed by atoms with van der Waals surface area (Å²) >= 11 is 0. The highest BCUT2D eigenvalue weighted by Gasteiger charge is 2.24. The number of hydrogen-bond acceptors (Lipinski definition) is 2. The first-order valence-electron chi connectivity index (χ1n) is 6.50. The maximum Gasteiger partial charge on any atom is 0.0415 e. The molecule has 2 aliphatic heterocycles. The second kappa shape index (κ2) is 4.46. The van der Waals surface area contributed by atoms with Gasteiger partial charge in [0.25, 0.3) is 0 Å². The molecule has 2 heterocycles. The number of rotatable bonds is 1. The van der Waals surface area contributed by atoms with Gasteiger partial charge in [0.1, 0.15) is 0 Å². The van der Waals surface area contributed by atoms with Crippen molar-refractivity contribution in [3.63, 3.8) is 0 Å². The normalized spacial score (nSPS) is 25.2. The molecule has 2 aliphatic rings. The van der Waals surface area contributed by atoms with Gasteiger partial charge in [-0.25, -0.2) is 0 Å². The maximum atomic E-state index is 3.52. The number of piperidine rings is 1. The average molecular weight is 216 g/mol. The quantitative estimate of drug-likeness (QED) is 0.774. The topological polar surface area (TPSA) is 15.3 Å². The molecule has 1 aromatic rings. The van der Waals surface area contributed by atoms with Gasteiger partial charge in [0.15, 0.2) is 0 Å². The number of nitrogens with one attached hydrogen (secondary N) is 1. The summed E-state index contributed by atoms with van der Waals surface area (Å²) in [6.45, 7) is 3.60. The first kappa shape index (κ1) is 10.2. The van der Waals surface area contributed by atoms with Crippen molar-refractivity contribution >= 4 is 5.69 Å². The summed E-state index contributed by atoms with van der Waals surface area (Å²) in [5.74, 6) is 0. The van der Waals surface area contributed by atoms with Crippen LogP contribution in [0.25, 0.3) is 0 Å². The molecule has 0 radical (unpaired) electrons. The van der Waals surface area contributed by atoms with Crippen LogP contribution in [0.3, 0.4) is 0 Å². The van der Waals surface area contributed by atoms with Crippen LogP contribution in [0, 0.1) is 0 Å². The highest BCUT2D eigenvalue weighted by molar-refractivity contribution is 5.56. The van der Waals surface area contributed by atoms with Crippen molar-refractivity contribution in [2.45, 2.75) is 31.7 Å². The molecule has 0 unspecified atom stereocenters. The fourth-order valence-electron chi connectivity index (χ4n) is 3.04. The molecular formula is C14H20N2. The van der Waals surface area contributed by atoms with E-state index in [1.807, 2.05) is 0 Å². The van der Waals surface area contributed by atoms with Crippen LogP contribution >= 0.6 is 0 Å². The van der Waals surface area contributed by atoms with Gasteiger partial charge in [-0.1, -0.05) is 18.2 Å². The van der Waals surface area contributed by atoms with Crippen LogP contribution in [0.2, 0.25) is 0 Å². The molecule has 0 aliphatic carbocycles. The van der Waals surface area contributed by atoms with Crippen molar-refractivity contribution in [3.05, 3.63) is 29.8 Å². The number of fused-ring (bicyclic) bond motifs is 1. The predicted octanol–water partition coefficient (Wildman–Crippen LogP) is 2.19. The van der Waals surface area contributed by atoms with Gasteiger partial charge < -0.3 is 10.2 Å². The van der Waals surface area contributed by atoms with Gasteiger partial charge in [0.05, 0.1) is 0 Å². The van der Waals surface area contributed by atoms with Crippen molar-refractivity contribution in [1.29, 1.82) is 0 Å². The summed E-state index contributed by atoms with van der Waals surface area (Å²) in [5, 5.41) is 3.52. The Bertz CT molecular complexity index is 356. The molecule has 1 N–H and O–H groups in total. The third-order valence-electron chi connectivity index (χ3n) is 3.86.